The molecule has 1 aromatic rings. The van der Waals surface area contributed by atoms with E-state index in [-0.39, 0.29) is 11.6 Å². The Bertz CT molecular complexity index is 405. The molecule has 1 saturated heterocycles. The number of nitrogen functional groups attached to an aromatic ring is 1. The first kappa shape index (κ1) is 11.3. The first-order chi connectivity index (χ1) is 7.68. The number of ketones is 1. The topological polar surface area (TPSA) is 77.2 Å². The number of nitrogens with zero attached hydrogens (tertiary/aromatic N) is 1. The quantitative estimate of drug-likeness (QED) is 0.737. The van der Waals surface area contributed by atoms with E-state index in [0.29, 0.717) is 23.7 Å². The molecule has 2 heterocycles. The summed E-state index contributed by atoms with van der Waals surface area (Å²) in [5.41, 5.74) is 5.95. The lowest BCUT2D eigenvalue weighted by molar-refractivity contribution is 0.0270. The van der Waals surface area contributed by atoms with Gasteiger partial charge in [0.2, 0.25) is 0 Å². The van der Waals surface area contributed by atoms with Crippen molar-refractivity contribution < 1.29 is 9.53 Å². The number of hydrogen-bond donors (Lipinski definition) is 2. The predicted molar refractivity (Wildman–Crippen MR) is 60.6 cm³/mol. The maximum Gasteiger partial charge on any atom is 0.196 e. The second kappa shape index (κ2) is 4.78. The Kier molecular flexibility index (Phi) is 3.38. The van der Waals surface area contributed by atoms with Gasteiger partial charge in [-0.3, -0.25) is 4.79 Å². The number of halogens is 1. The molecular formula is C10H12ClN3O2. The van der Waals surface area contributed by atoms with Crippen LogP contribution in [-0.2, 0) is 4.74 Å². The summed E-state index contributed by atoms with van der Waals surface area (Å²) in [6.07, 6.45) is 0.907. The Labute approximate surface area is 97.9 Å². The minimum Gasteiger partial charge on any atom is -0.383 e. The molecule has 1 fully saturated rings. The Morgan fingerprint density at radius 2 is 2.50 bits per heavy atom. The molecule has 2 rings (SSSR count). The van der Waals surface area contributed by atoms with Crippen molar-refractivity contribution >= 4 is 23.2 Å². The molecule has 0 aromatic carbocycles. The van der Waals surface area contributed by atoms with Gasteiger partial charge in [0, 0.05) is 19.3 Å². The highest BCUT2D eigenvalue weighted by Gasteiger charge is 2.25. The molecule has 1 aromatic heterocycles. The van der Waals surface area contributed by atoms with Gasteiger partial charge in [0.15, 0.2) is 5.78 Å². The fourth-order valence-electron chi connectivity index (χ4n) is 1.55. The maximum atomic E-state index is 12.0. The Hall–Kier alpha value is -1.17. The van der Waals surface area contributed by atoms with E-state index < -0.39 is 6.10 Å². The molecule has 0 radical (unpaired) electrons. The van der Waals surface area contributed by atoms with Crippen molar-refractivity contribution in [2.45, 2.75) is 6.10 Å². The summed E-state index contributed by atoms with van der Waals surface area (Å²) >= 11 is 5.77. The van der Waals surface area contributed by atoms with Crippen LogP contribution in [0.5, 0.6) is 0 Å². The summed E-state index contributed by atoms with van der Waals surface area (Å²) in [4.78, 5) is 15.9. The van der Waals surface area contributed by atoms with E-state index in [2.05, 4.69) is 10.3 Å². The molecule has 86 valence electrons. The van der Waals surface area contributed by atoms with Crippen LogP contribution in [0.2, 0.25) is 5.02 Å². The molecule has 5 nitrogen and oxygen atoms in total. The number of rotatable bonds is 2. The van der Waals surface area contributed by atoms with Gasteiger partial charge in [-0.05, 0) is 6.07 Å². The van der Waals surface area contributed by atoms with Crippen molar-refractivity contribution in [2.75, 3.05) is 25.4 Å². The number of nitrogens with two attached hydrogens (primary N) is 1. The highest BCUT2D eigenvalue weighted by atomic mass is 35.5. The Morgan fingerprint density at radius 3 is 3.19 bits per heavy atom. The summed E-state index contributed by atoms with van der Waals surface area (Å²) in [7, 11) is 0. The molecule has 0 amide bonds. The van der Waals surface area contributed by atoms with Crippen LogP contribution in [0, 0.1) is 0 Å². The molecule has 0 saturated carbocycles. The number of carbonyl (C=O) groups is 1. The predicted octanol–water partition coefficient (Wildman–Crippen LogP) is 0.488. The normalized spacial score (nSPS) is 20.7. The van der Waals surface area contributed by atoms with E-state index in [9.17, 15) is 4.79 Å². The van der Waals surface area contributed by atoms with Crippen molar-refractivity contribution in [1.29, 1.82) is 0 Å². The second-order valence-electron chi connectivity index (χ2n) is 3.51. The molecule has 1 aliphatic heterocycles. The number of pyridine rings is 1. The second-order valence-corrected chi connectivity index (χ2v) is 3.95. The Balaban J connectivity index is 2.22. The zero-order chi connectivity index (χ0) is 11.5. The first-order valence-corrected chi connectivity index (χ1v) is 5.34. The third-order valence-electron chi connectivity index (χ3n) is 2.37. The molecule has 0 aliphatic carbocycles. The number of nitrogens with one attached hydrogen (secondary N) is 1. The lowest BCUT2D eigenvalue weighted by Crippen LogP contribution is -2.43. The number of morpholine rings is 1. The summed E-state index contributed by atoms with van der Waals surface area (Å²) < 4.78 is 5.35. The van der Waals surface area contributed by atoms with Gasteiger partial charge in [-0.15, -0.1) is 0 Å². The monoisotopic (exact) mass is 241 g/mol. The summed E-state index contributed by atoms with van der Waals surface area (Å²) in [6, 6.07) is 1.52. The van der Waals surface area contributed by atoms with Crippen LogP contribution in [0.15, 0.2) is 12.3 Å². The van der Waals surface area contributed by atoms with Gasteiger partial charge in [0.1, 0.15) is 11.9 Å². The number of hydrogen-bond acceptors (Lipinski definition) is 5. The number of anilines is 1. The number of Topliss-reactive ketones (excluding diaryl/α,β-unsaturated/α-hetero) is 1. The van der Waals surface area contributed by atoms with Crippen molar-refractivity contribution in [3.8, 4) is 0 Å². The zero-order valence-corrected chi connectivity index (χ0v) is 9.33. The lowest BCUT2D eigenvalue weighted by Gasteiger charge is -2.22. The molecule has 16 heavy (non-hydrogen) atoms. The van der Waals surface area contributed by atoms with Crippen LogP contribution in [0.4, 0.5) is 5.82 Å². The van der Waals surface area contributed by atoms with Crippen LogP contribution in [0.3, 0.4) is 0 Å². The van der Waals surface area contributed by atoms with Gasteiger partial charge < -0.3 is 15.8 Å². The average Bonchev–Trinajstić information content (AvgIpc) is 2.32. The SMILES string of the molecule is Nc1ncc(Cl)cc1C(=O)C1CNCCO1. The minimum atomic E-state index is -0.503. The average molecular weight is 242 g/mol. The standard InChI is InChI=1S/C10H12ClN3O2/c11-6-3-7(10(12)14-4-6)9(15)8-5-13-1-2-16-8/h3-4,8,13H,1-2,5H2,(H2,12,14). The van der Waals surface area contributed by atoms with Crippen LogP contribution in [0.25, 0.3) is 0 Å². The van der Waals surface area contributed by atoms with Crippen LogP contribution in [-0.4, -0.2) is 36.6 Å². The summed E-state index contributed by atoms with van der Waals surface area (Å²) in [5, 5.41) is 3.47. The van der Waals surface area contributed by atoms with Crippen molar-refractivity contribution in [3.05, 3.63) is 22.8 Å². The lowest BCUT2D eigenvalue weighted by atomic mass is 10.1. The number of aromatic nitrogens is 1. The van der Waals surface area contributed by atoms with Crippen molar-refractivity contribution in [3.63, 3.8) is 0 Å². The summed E-state index contributed by atoms with van der Waals surface area (Å²) in [6.45, 7) is 1.77. The zero-order valence-electron chi connectivity index (χ0n) is 8.57. The fraction of sp³-hybridized carbons (Fsp3) is 0.400. The molecule has 3 N–H and O–H groups in total. The molecule has 0 spiro atoms. The Morgan fingerprint density at radius 1 is 1.69 bits per heavy atom. The third-order valence-corrected chi connectivity index (χ3v) is 2.58. The van der Waals surface area contributed by atoms with Gasteiger partial charge in [-0.2, -0.15) is 0 Å². The third kappa shape index (κ3) is 2.32. The molecular weight excluding hydrogens is 230 g/mol. The van der Waals surface area contributed by atoms with Gasteiger partial charge in [-0.25, -0.2) is 4.98 Å². The molecule has 0 bridgehead atoms. The van der Waals surface area contributed by atoms with E-state index in [1.54, 1.807) is 0 Å². The molecule has 6 heteroatoms. The van der Waals surface area contributed by atoms with Crippen LogP contribution in [0.1, 0.15) is 10.4 Å². The molecule has 1 atom stereocenters. The van der Waals surface area contributed by atoms with Gasteiger partial charge in [0.25, 0.3) is 0 Å². The van der Waals surface area contributed by atoms with E-state index in [0.717, 1.165) is 6.54 Å². The highest BCUT2D eigenvalue weighted by Crippen LogP contribution is 2.18. The van der Waals surface area contributed by atoms with Crippen molar-refractivity contribution in [1.82, 2.24) is 10.3 Å². The van der Waals surface area contributed by atoms with Gasteiger partial charge in [-0.1, -0.05) is 11.6 Å². The van der Waals surface area contributed by atoms with E-state index >= 15 is 0 Å². The molecule has 1 aliphatic rings. The highest BCUT2D eigenvalue weighted by molar-refractivity contribution is 6.31. The smallest absolute Gasteiger partial charge is 0.196 e. The number of carbonyl (C=O) groups excluding carboxylic acids is 1. The van der Waals surface area contributed by atoms with Gasteiger partial charge in [0.05, 0.1) is 17.2 Å². The van der Waals surface area contributed by atoms with E-state index in [1.807, 2.05) is 0 Å². The van der Waals surface area contributed by atoms with Crippen molar-refractivity contribution in [2.24, 2.45) is 0 Å². The van der Waals surface area contributed by atoms with E-state index in [1.165, 1.54) is 12.3 Å². The number of ether oxygens (including phenoxy) is 1. The minimum absolute atomic E-state index is 0.181. The summed E-state index contributed by atoms with van der Waals surface area (Å²) in [5.74, 6) is 0.00303. The fourth-order valence-corrected chi connectivity index (χ4v) is 1.71. The largest absolute Gasteiger partial charge is 0.383 e. The van der Waals surface area contributed by atoms with E-state index in [4.69, 9.17) is 22.1 Å². The van der Waals surface area contributed by atoms with Gasteiger partial charge >= 0.3 is 0 Å². The first-order valence-electron chi connectivity index (χ1n) is 4.96. The van der Waals surface area contributed by atoms with Crippen LogP contribution < -0.4 is 11.1 Å². The maximum absolute atomic E-state index is 12.0. The molecule has 1 unspecified atom stereocenters. The van der Waals surface area contributed by atoms with Crippen LogP contribution >= 0.6 is 11.6 Å².